The maximum absolute atomic E-state index is 12.1. The normalized spacial score (nSPS) is 11.5. The lowest BCUT2D eigenvalue weighted by Crippen LogP contribution is -2.46. The van der Waals surface area contributed by atoms with E-state index in [-0.39, 0.29) is 11.4 Å². The molecule has 0 saturated carbocycles. The van der Waals surface area contributed by atoms with Gasteiger partial charge in [-0.2, -0.15) is 0 Å². The number of hydrogen-bond acceptors (Lipinski definition) is 2. The van der Waals surface area contributed by atoms with E-state index in [2.05, 4.69) is 42.0 Å². The monoisotopic (exact) mass is 303 g/mol. The molecule has 4 heteroatoms. The molecule has 1 amide bonds. The van der Waals surface area contributed by atoms with E-state index in [4.69, 9.17) is 0 Å². The van der Waals surface area contributed by atoms with Gasteiger partial charge in [-0.3, -0.25) is 4.79 Å². The van der Waals surface area contributed by atoms with Crippen molar-refractivity contribution < 1.29 is 4.79 Å². The first-order valence-corrected chi connectivity index (χ1v) is 7.31. The molecule has 1 heterocycles. The molecule has 2 nitrogen and oxygen atoms in total. The predicted octanol–water partition coefficient (Wildman–Crippen LogP) is 4.21. The Bertz CT molecular complexity index is 349. The van der Waals surface area contributed by atoms with E-state index < -0.39 is 0 Å². The summed E-state index contributed by atoms with van der Waals surface area (Å²) in [7, 11) is 0. The fourth-order valence-corrected chi connectivity index (χ4v) is 3.21. The quantitative estimate of drug-likeness (QED) is 0.867. The van der Waals surface area contributed by atoms with Crippen LogP contribution in [0.4, 0.5) is 0 Å². The highest BCUT2D eigenvalue weighted by atomic mass is 79.9. The molecule has 1 aromatic rings. The van der Waals surface area contributed by atoms with Crippen molar-refractivity contribution in [2.24, 2.45) is 0 Å². The van der Waals surface area contributed by atoms with Gasteiger partial charge in [0.25, 0.3) is 5.91 Å². The summed E-state index contributed by atoms with van der Waals surface area (Å²) in [6.07, 6.45) is 2.90. The van der Waals surface area contributed by atoms with Crippen LogP contribution in [-0.4, -0.2) is 11.4 Å². The van der Waals surface area contributed by atoms with Crippen molar-refractivity contribution in [1.29, 1.82) is 0 Å². The third-order valence-electron chi connectivity index (χ3n) is 3.23. The molecule has 0 saturated heterocycles. The highest BCUT2D eigenvalue weighted by molar-refractivity contribution is 9.10. The summed E-state index contributed by atoms with van der Waals surface area (Å²) in [4.78, 5) is 12.9. The first-order chi connectivity index (χ1) is 7.58. The van der Waals surface area contributed by atoms with E-state index in [0.29, 0.717) is 0 Å². The molecule has 1 rings (SSSR count). The van der Waals surface area contributed by atoms with Crippen molar-refractivity contribution in [3.63, 3.8) is 0 Å². The van der Waals surface area contributed by atoms with Crippen molar-refractivity contribution in [3.8, 4) is 0 Å². The molecule has 0 radical (unpaired) electrons. The molecule has 1 aromatic heterocycles. The number of carbonyl (C=O) groups excluding carboxylic acids is 1. The van der Waals surface area contributed by atoms with Crippen LogP contribution in [-0.2, 0) is 0 Å². The summed E-state index contributed by atoms with van der Waals surface area (Å²) >= 11 is 4.86. The first-order valence-electron chi connectivity index (χ1n) is 5.64. The van der Waals surface area contributed by atoms with Gasteiger partial charge in [-0.25, -0.2) is 0 Å². The SMILES string of the molecule is CCC(CC)(CC)NC(=O)c1sccc1Br. The summed E-state index contributed by atoms with van der Waals surface area (Å²) in [6.45, 7) is 6.37. The Balaban J connectivity index is 2.81. The molecule has 16 heavy (non-hydrogen) atoms. The Morgan fingerprint density at radius 3 is 2.31 bits per heavy atom. The minimum absolute atomic E-state index is 0.0347. The molecule has 0 bridgehead atoms. The number of carbonyl (C=O) groups is 1. The van der Waals surface area contributed by atoms with Gasteiger partial charge in [0.15, 0.2) is 0 Å². The Morgan fingerprint density at radius 1 is 1.38 bits per heavy atom. The molecule has 0 aliphatic heterocycles. The number of rotatable bonds is 5. The third kappa shape index (κ3) is 2.86. The highest BCUT2D eigenvalue weighted by Crippen LogP contribution is 2.25. The summed E-state index contributed by atoms with van der Waals surface area (Å²) in [5.41, 5.74) is -0.0550. The Morgan fingerprint density at radius 2 is 1.94 bits per heavy atom. The zero-order chi connectivity index (χ0) is 12.2. The largest absolute Gasteiger partial charge is 0.346 e. The van der Waals surface area contributed by atoms with Crippen LogP contribution in [0.1, 0.15) is 49.7 Å². The van der Waals surface area contributed by atoms with E-state index in [0.717, 1.165) is 28.6 Å². The van der Waals surface area contributed by atoms with Gasteiger partial charge in [0.1, 0.15) is 4.88 Å². The second-order valence-electron chi connectivity index (χ2n) is 3.89. The average molecular weight is 304 g/mol. The van der Waals surface area contributed by atoms with Gasteiger partial charge in [-0.1, -0.05) is 20.8 Å². The lowest BCUT2D eigenvalue weighted by molar-refractivity contribution is 0.0892. The van der Waals surface area contributed by atoms with Crippen LogP contribution >= 0.6 is 27.3 Å². The van der Waals surface area contributed by atoms with Crippen molar-refractivity contribution in [2.45, 2.75) is 45.6 Å². The predicted molar refractivity (Wildman–Crippen MR) is 73.1 cm³/mol. The van der Waals surface area contributed by atoms with Crippen LogP contribution in [0, 0.1) is 0 Å². The Hall–Kier alpha value is -0.350. The van der Waals surface area contributed by atoms with Crippen molar-refractivity contribution in [2.75, 3.05) is 0 Å². The van der Waals surface area contributed by atoms with E-state index in [9.17, 15) is 4.79 Å². The second-order valence-corrected chi connectivity index (χ2v) is 5.66. The number of hydrogen-bond donors (Lipinski definition) is 1. The average Bonchev–Trinajstić information content (AvgIpc) is 2.72. The Kier molecular flexibility index (Phi) is 4.99. The Labute approximate surface area is 110 Å². The van der Waals surface area contributed by atoms with Gasteiger partial charge in [-0.15, -0.1) is 11.3 Å². The highest BCUT2D eigenvalue weighted by Gasteiger charge is 2.27. The molecule has 1 N–H and O–H groups in total. The van der Waals surface area contributed by atoms with Gasteiger partial charge in [0, 0.05) is 10.0 Å². The lowest BCUT2D eigenvalue weighted by atomic mass is 9.90. The number of halogens is 1. The second kappa shape index (κ2) is 5.82. The summed E-state index contributed by atoms with van der Waals surface area (Å²) < 4.78 is 0.882. The minimum atomic E-state index is -0.0550. The van der Waals surface area contributed by atoms with Gasteiger partial charge >= 0.3 is 0 Å². The molecule has 0 spiro atoms. The minimum Gasteiger partial charge on any atom is -0.346 e. The standard InChI is InChI=1S/C12H18BrNOS/c1-4-12(5-2,6-3)14-11(15)10-9(13)7-8-16-10/h7-8H,4-6H2,1-3H3,(H,14,15). The van der Waals surface area contributed by atoms with Gasteiger partial charge < -0.3 is 5.32 Å². The van der Waals surface area contributed by atoms with Crippen LogP contribution in [0.2, 0.25) is 0 Å². The van der Waals surface area contributed by atoms with Crippen LogP contribution in [0.25, 0.3) is 0 Å². The van der Waals surface area contributed by atoms with Crippen LogP contribution < -0.4 is 5.32 Å². The summed E-state index contributed by atoms with van der Waals surface area (Å²) in [5, 5.41) is 5.09. The first kappa shape index (κ1) is 13.7. The number of thiophene rings is 1. The maximum atomic E-state index is 12.1. The van der Waals surface area contributed by atoms with Crippen LogP contribution in [0.5, 0.6) is 0 Å². The number of nitrogens with one attached hydrogen (secondary N) is 1. The zero-order valence-electron chi connectivity index (χ0n) is 9.97. The molecule has 90 valence electrons. The van der Waals surface area contributed by atoms with Crippen LogP contribution in [0.15, 0.2) is 15.9 Å². The molecule has 0 unspecified atom stereocenters. The van der Waals surface area contributed by atoms with Crippen molar-refractivity contribution in [1.82, 2.24) is 5.32 Å². The van der Waals surface area contributed by atoms with Crippen LogP contribution in [0.3, 0.4) is 0 Å². The van der Waals surface area contributed by atoms with Gasteiger partial charge in [0.2, 0.25) is 0 Å². The smallest absolute Gasteiger partial charge is 0.262 e. The summed E-state index contributed by atoms with van der Waals surface area (Å²) in [5.74, 6) is 0.0347. The molecular formula is C12H18BrNOS. The third-order valence-corrected chi connectivity index (χ3v) is 5.07. The zero-order valence-corrected chi connectivity index (χ0v) is 12.4. The number of amides is 1. The fraction of sp³-hybridized carbons (Fsp3) is 0.583. The van der Waals surface area contributed by atoms with Crippen molar-refractivity contribution in [3.05, 3.63) is 20.8 Å². The van der Waals surface area contributed by atoms with Gasteiger partial charge in [-0.05, 0) is 46.6 Å². The topological polar surface area (TPSA) is 29.1 Å². The fourth-order valence-electron chi connectivity index (χ4n) is 1.77. The van der Waals surface area contributed by atoms with E-state index in [1.165, 1.54) is 11.3 Å². The summed E-state index contributed by atoms with van der Waals surface area (Å²) in [6, 6.07) is 1.91. The lowest BCUT2D eigenvalue weighted by Gasteiger charge is -2.31. The molecule has 0 aliphatic rings. The maximum Gasteiger partial charge on any atom is 0.262 e. The molecule has 0 aromatic carbocycles. The van der Waals surface area contributed by atoms with E-state index in [1.54, 1.807) is 0 Å². The van der Waals surface area contributed by atoms with Gasteiger partial charge in [0.05, 0.1) is 0 Å². The molecule has 0 aliphatic carbocycles. The van der Waals surface area contributed by atoms with E-state index >= 15 is 0 Å². The molecule has 0 fully saturated rings. The van der Waals surface area contributed by atoms with E-state index in [1.807, 2.05) is 11.4 Å². The molecular weight excluding hydrogens is 286 g/mol. The molecule has 0 atom stereocenters. The van der Waals surface area contributed by atoms with Crippen molar-refractivity contribution >= 4 is 33.2 Å².